The van der Waals surface area contributed by atoms with Gasteiger partial charge in [-0.2, -0.15) is 0 Å². The number of benzene rings is 1. The van der Waals surface area contributed by atoms with E-state index in [0.29, 0.717) is 0 Å². The summed E-state index contributed by atoms with van der Waals surface area (Å²) in [6, 6.07) is 2.61. The minimum absolute atomic E-state index is 0.124. The first kappa shape index (κ1) is 14.9. The van der Waals surface area contributed by atoms with E-state index in [-0.39, 0.29) is 18.1 Å². The van der Waals surface area contributed by atoms with Crippen LogP contribution in [0.2, 0.25) is 0 Å². The quantitative estimate of drug-likeness (QED) is 0.632. The molecule has 0 saturated carbocycles. The van der Waals surface area contributed by atoms with Crippen LogP contribution < -0.4 is 0 Å². The van der Waals surface area contributed by atoms with Crippen LogP contribution in [0.15, 0.2) is 23.1 Å². The third kappa shape index (κ3) is 4.27. The maximum atomic E-state index is 13.2. The Hall–Kier alpha value is -1.14. The number of ether oxygens (including phenoxy) is 1. The third-order valence-electron chi connectivity index (χ3n) is 1.94. The molecular weight excluding hydrogens is 283 g/mol. The molecule has 0 unspecified atom stereocenters. The number of carbonyl (C=O) groups excluding carboxylic acids is 1. The minimum atomic E-state index is -4.09. The maximum Gasteiger partial charge on any atom is 0.338 e. The zero-order chi connectivity index (χ0) is 13.9. The van der Waals surface area contributed by atoms with Crippen molar-refractivity contribution in [3.63, 3.8) is 0 Å². The summed E-state index contributed by atoms with van der Waals surface area (Å²) in [7, 11) is 1.000. The summed E-state index contributed by atoms with van der Waals surface area (Å²) in [5.41, 5.74) is -0.185. The van der Waals surface area contributed by atoms with Crippen molar-refractivity contribution in [1.29, 1.82) is 0 Å². The summed E-state index contributed by atoms with van der Waals surface area (Å²) < 4.78 is 40.2. The topological polar surface area (TPSA) is 60.4 Å². The minimum Gasteiger partial charge on any atom is -0.462 e. The highest BCUT2D eigenvalue weighted by molar-refractivity contribution is 8.13. The standard InChI is InChI=1S/C11H12ClFO4S/c1-7(2)6-17-11(14)8-3-9(13)5-10(4-8)18(12,15)16/h3-5,7H,6H2,1-2H3. The molecule has 1 aromatic carbocycles. The lowest BCUT2D eigenvalue weighted by Crippen LogP contribution is -2.11. The highest BCUT2D eigenvalue weighted by Gasteiger charge is 2.17. The summed E-state index contributed by atoms with van der Waals surface area (Å²) in [5, 5.41) is 0. The molecule has 18 heavy (non-hydrogen) atoms. The monoisotopic (exact) mass is 294 g/mol. The van der Waals surface area contributed by atoms with Gasteiger partial charge in [0.05, 0.1) is 17.1 Å². The second-order valence-electron chi connectivity index (χ2n) is 4.11. The summed E-state index contributed by atoms with van der Waals surface area (Å²) in [4.78, 5) is 11.1. The lowest BCUT2D eigenvalue weighted by Gasteiger charge is -2.07. The molecule has 100 valence electrons. The number of esters is 1. The van der Waals surface area contributed by atoms with Crippen molar-refractivity contribution in [2.24, 2.45) is 5.92 Å². The fraction of sp³-hybridized carbons (Fsp3) is 0.364. The Kier molecular flexibility index (Phi) is 4.70. The van der Waals surface area contributed by atoms with Crippen LogP contribution in [0.4, 0.5) is 4.39 Å². The van der Waals surface area contributed by atoms with Crippen LogP contribution in [0.5, 0.6) is 0 Å². The molecule has 7 heteroatoms. The Morgan fingerprint density at radius 2 is 2.00 bits per heavy atom. The molecule has 0 heterocycles. The van der Waals surface area contributed by atoms with E-state index in [0.717, 1.165) is 18.2 Å². The Morgan fingerprint density at radius 3 is 2.50 bits per heavy atom. The number of halogens is 2. The van der Waals surface area contributed by atoms with Gasteiger partial charge < -0.3 is 4.74 Å². The Bertz CT molecular complexity index is 554. The molecular formula is C11H12ClFO4S. The Balaban J connectivity index is 3.03. The molecule has 0 aromatic heterocycles. The second-order valence-corrected chi connectivity index (χ2v) is 6.67. The van der Waals surface area contributed by atoms with Gasteiger partial charge in [-0.1, -0.05) is 13.8 Å². The zero-order valence-corrected chi connectivity index (χ0v) is 11.4. The average molecular weight is 295 g/mol. The van der Waals surface area contributed by atoms with Crippen LogP contribution in [0.3, 0.4) is 0 Å². The van der Waals surface area contributed by atoms with Crippen LogP contribution in [0, 0.1) is 11.7 Å². The molecule has 0 saturated heterocycles. The average Bonchev–Trinajstić information content (AvgIpc) is 2.23. The smallest absolute Gasteiger partial charge is 0.338 e. The van der Waals surface area contributed by atoms with Gasteiger partial charge in [0, 0.05) is 10.7 Å². The SMILES string of the molecule is CC(C)COC(=O)c1cc(F)cc(S(=O)(=O)Cl)c1. The molecule has 0 aliphatic rings. The van der Waals surface area contributed by atoms with Crippen LogP contribution in [-0.2, 0) is 13.8 Å². The molecule has 0 radical (unpaired) electrons. The lowest BCUT2D eigenvalue weighted by molar-refractivity contribution is 0.0458. The highest BCUT2D eigenvalue weighted by Crippen LogP contribution is 2.19. The summed E-state index contributed by atoms with van der Waals surface area (Å²) >= 11 is 0. The van der Waals surface area contributed by atoms with E-state index in [1.807, 2.05) is 13.8 Å². The van der Waals surface area contributed by atoms with Crippen molar-refractivity contribution in [2.45, 2.75) is 18.7 Å². The van der Waals surface area contributed by atoms with Crippen molar-refractivity contribution >= 4 is 25.7 Å². The van der Waals surface area contributed by atoms with E-state index in [2.05, 4.69) is 0 Å². The molecule has 0 fully saturated rings. The summed E-state index contributed by atoms with van der Waals surface area (Å²) in [5.74, 6) is -1.53. The summed E-state index contributed by atoms with van der Waals surface area (Å²) in [6.07, 6.45) is 0. The van der Waals surface area contributed by atoms with E-state index in [1.165, 1.54) is 0 Å². The molecule has 0 aliphatic carbocycles. The largest absolute Gasteiger partial charge is 0.462 e. The molecule has 0 bridgehead atoms. The predicted octanol–water partition coefficient (Wildman–Crippen LogP) is 2.57. The van der Waals surface area contributed by atoms with Crippen molar-refractivity contribution in [2.75, 3.05) is 6.61 Å². The van der Waals surface area contributed by atoms with Crippen molar-refractivity contribution in [3.05, 3.63) is 29.6 Å². The second kappa shape index (κ2) is 5.67. The molecule has 1 aromatic rings. The molecule has 0 aliphatic heterocycles. The first-order valence-electron chi connectivity index (χ1n) is 5.12. The molecule has 0 atom stereocenters. The number of rotatable bonds is 4. The zero-order valence-electron chi connectivity index (χ0n) is 9.81. The summed E-state index contributed by atoms with van der Waals surface area (Å²) in [6.45, 7) is 3.85. The normalized spacial score (nSPS) is 11.6. The fourth-order valence-electron chi connectivity index (χ4n) is 1.15. The van der Waals surface area contributed by atoms with E-state index < -0.39 is 25.7 Å². The van der Waals surface area contributed by atoms with Gasteiger partial charge in [0.25, 0.3) is 9.05 Å². The molecule has 0 N–H and O–H groups in total. The van der Waals surface area contributed by atoms with Gasteiger partial charge in [-0.05, 0) is 24.1 Å². The van der Waals surface area contributed by atoms with Gasteiger partial charge in [-0.25, -0.2) is 17.6 Å². The highest BCUT2D eigenvalue weighted by atomic mass is 35.7. The number of hydrogen-bond donors (Lipinski definition) is 0. The van der Waals surface area contributed by atoms with Crippen LogP contribution in [0.25, 0.3) is 0 Å². The third-order valence-corrected chi connectivity index (χ3v) is 3.27. The van der Waals surface area contributed by atoms with Crippen LogP contribution >= 0.6 is 10.7 Å². The van der Waals surface area contributed by atoms with Gasteiger partial charge >= 0.3 is 5.97 Å². The van der Waals surface area contributed by atoms with E-state index >= 15 is 0 Å². The predicted molar refractivity (Wildman–Crippen MR) is 64.6 cm³/mol. The van der Waals surface area contributed by atoms with E-state index in [4.69, 9.17) is 15.4 Å². The van der Waals surface area contributed by atoms with Crippen molar-refractivity contribution in [1.82, 2.24) is 0 Å². The first-order valence-corrected chi connectivity index (χ1v) is 7.43. The Labute approximate surface area is 109 Å². The van der Waals surface area contributed by atoms with E-state index in [1.54, 1.807) is 0 Å². The molecule has 1 rings (SSSR count). The first-order chi connectivity index (χ1) is 8.20. The Morgan fingerprint density at radius 1 is 1.39 bits per heavy atom. The van der Waals surface area contributed by atoms with Crippen molar-refractivity contribution in [3.8, 4) is 0 Å². The maximum absolute atomic E-state index is 13.2. The van der Waals surface area contributed by atoms with Gasteiger partial charge in [0.15, 0.2) is 0 Å². The van der Waals surface area contributed by atoms with Gasteiger partial charge in [-0.3, -0.25) is 0 Å². The van der Waals surface area contributed by atoms with Gasteiger partial charge in [0.2, 0.25) is 0 Å². The van der Waals surface area contributed by atoms with E-state index in [9.17, 15) is 17.6 Å². The van der Waals surface area contributed by atoms with Crippen LogP contribution in [0.1, 0.15) is 24.2 Å². The molecule has 0 spiro atoms. The van der Waals surface area contributed by atoms with Crippen molar-refractivity contribution < 1.29 is 22.3 Å². The van der Waals surface area contributed by atoms with Gasteiger partial charge in [0.1, 0.15) is 5.82 Å². The lowest BCUT2D eigenvalue weighted by atomic mass is 10.2. The number of hydrogen-bond acceptors (Lipinski definition) is 4. The van der Waals surface area contributed by atoms with Crippen LogP contribution in [-0.4, -0.2) is 21.0 Å². The molecule has 4 nitrogen and oxygen atoms in total. The number of carbonyl (C=O) groups is 1. The molecule has 0 amide bonds. The fourth-order valence-corrected chi connectivity index (χ4v) is 1.94. The van der Waals surface area contributed by atoms with Gasteiger partial charge in [-0.15, -0.1) is 0 Å².